The van der Waals surface area contributed by atoms with Gasteiger partial charge >= 0.3 is 0 Å². The average molecular weight is 491 g/mol. The smallest absolute Gasteiger partial charge is 0.251 e. The summed E-state index contributed by atoms with van der Waals surface area (Å²) in [6, 6.07) is 22.6. The Kier molecular flexibility index (Phi) is 7.35. The predicted octanol–water partition coefficient (Wildman–Crippen LogP) is 6.68. The van der Waals surface area contributed by atoms with E-state index in [-0.39, 0.29) is 5.91 Å². The number of benzene rings is 3. The molecule has 1 aromatic heterocycles. The lowest BCUT2D eigenvalue weighted by molar-refractivity contribution is 0.0963. The van der Waals surface area contributed by atoms with Crippen molar-refractivity contribution in [1.82, 2.24) is 15.3 Å². The van der Waals surface area contributed by atoms with E-state index in [2.05, 4.69) is 15.0 Å². The van der Waals surface area contributed by atoms with Crippen molar-refractivity contribution in [2.75, 3.05) is 11.8 Å². The maximum Gasteiger partial charge on any atom is 0.251 e. The standard InChI is InChI=1S/C26H23ClN4O2S/c1-16-8-7-9-17(2)24(16)21-15-23(30-26(29-21)31-34-19-10-5-4-6-11-19)33-22-14-18(25(32)28-3)12-13-20(22)27/h4-15H,1-3H3,(H,28,32)(H,29,30,31). The van der Waals surface area contributed by atoms with Crippen LogP contribution in [0.2, 0.25) is 5.02 Å². The Hall–Kier alpha value is -3.55. The van der Waals surface area contributed by atoms with Crippen molar-refractivity contribution in [3.8, 4) is 22.9 Å². The van der Waals surface area contributed by atoms with Crippen LogP contribution < -0.4 is 14.8 Å². The molecular formula is C26H23ClN4O2S. The second kappa shape index (κ2) is 10.6. The van der Waals surface area contributed by atoms with Crippen LogP contribution in [0.5, 0.6) is 11.6 Å². The first kappa shape index (κ1) is 23.6. The van der Waals surface area contributed by atoms with E-state index in [1.165, 1.54) is 11.9 Å². The Labute approximate surface area is 207 Å². The average Bonchev–Trinajstić information content (AvgIpc) is 2.84. The molecule has 0 atom stereocenters. The molecule has 34 heavy (non-hydrogen) atoms. The van der Waals surface area contributed by atoms with E-state index in [9.17, 15) is 4.79 Å². The van der Waals surface area contributed by atoms with Crippen molar-refractivity contribution in [3.63, 3.8) is 0 Å². The van der Waals surface area contributed by atoms with Gasteiger partial charge in [-0.3, -0.25) is 9.52 Å². The van der Waals surface area contributed by atoms with Gasteiger partial charge in [-0.1, -0.05) is 48.0 Å². The molecule has 4 rings (SSSR count). The maximum absolute atomic E-state index is 12.1. The molecule has 0 saturated heterocycles. The number of aryl methyl sites for hydroxylation is 2. The number of hydrogen-bond acceptors (Lipinski definition) is 6. The molecule has 0 aliphatic rings. The zero-order valence-electron chi connectivity index (χ0n) is 18.9. The molecule has 3 aromatic carbocycles. The Balaban J connectivity index is 1.73. The summed E-state index contributed by atoms with van der Waals surface area (Å²) in [7, 11) is 1.57. The minimum atomic E-state index is -0.234. The van der Waals surface area contributed by atoms with Crippen molar-refractivity contribution in [3.05, 3.63) is 94.5 Å². The monoisotopic (exact) mass is 490 g/mol. The number of ether oxygens (including phenoxy) is 1. The number of aromatic nitrogens is 2. The van der Waals surface area contributed by atoms with Gasteiger partial charge in [0, 0.05) is 29.1 Å². The summed E-state index contributed by atoms with van der Waals surface area (Å²) in [5.74, 6) is 0.792. The van der Waals surface area contributed by atoms with Crippen LogP contribution in [0.15, 0.2) is 77.7 Å². The summed E-state index contributed by atoms with van der Waals surface area (Å²) in [5, 5.41) is 2.97. The highest BCUT2D eigenvalue weighted by atomic mass is 35.5. The van der Waals surface area contributed by atoms with E-state index in [1.807, 2.05) is 62.4 Å². The van der Waals surface area contributed by atoms with Crippen LogP contribution in [0.4, 0.5) is 5.95 Å². The molecular weight excluding hydrogens is 468 g/mol. The zero-order chi connectivity index (χ0) is 24.1. The van der Waals surface area contributed by atoms with Crippen LogP contribution >= 0.6 is 23.5 Å². The Bertz CT molecular complexity index is 1310. The largest absolute Gasteiger partial charge is 0.437 e. The topological polar surface area (TPSA) is 76.1 Å². The lowest BCUT2D eigenvalue weighted by Gasteiger charge is -2.14. The van der Waals surface area contributed by atoms with Crippen molar-refractivity contribution >= 4 is 35.4 Å². The molecule has 0 aliphatic heterocycles. The number of carbonyl (C=O) groups is 1. The molecule has 0 radical (unpaired) electrons. The van der Waals surface area contributed by atoms with Gasteiger partial charge in [0.05, 0.1) is 10.7 Å². The van der Waals surface area contributed by atoms with Gasteiger partial charge in [-0.25, -0.2) is 4.98 Å². The first-order valence-corrected chi connectivity index (χ1v) is 11.8. The van der Waals surface area contributed by atoms with Gasteiger partial charge in [0.25, 0.3) is 5.91 Å². The molecule has 2 N–H and O–H groups in total. The summed E-state index contributed by atoms with van der Waals surface area (Å²) in [6.07, 6.45) is 0. The van der Waals surface area contributed by atoms with Gasteiger partial charge in [0.2, 0.25) is 11.8 Å². The molecule has 0 aliphatic carbocycles. The van der Waals surface area contributed by atoms with Crippen molar-refractivity contribution in [2.24, 2.45) is 0 Å². The minimum absolute atomic E-state index is 0.234. The van der Waals surface area contributed by atoms with Gasteiger partial charge in [-0.2, -0.15) is 4.98 Å². The number of halogens is 1. The van der Waals surface area contributed by atoms with Crippen LogP contribution in [-0.4, -0.2) is 22.9 Å². The number of nitrogens with one attached hydrogen (secondary N) is 2. The SMILES string of the molecule is CNC(=O)c1ccc(Cl)c(Oc2cc(-c3c(C)cccc3C)nc(NSc3ccccc3)n2)c1. The van der Waals surface area contributed by atoms with E-state index < -0.39 is 0 Å². The quantitative estimate of drug-likeness (QED) is 0.281. The molecule has 1 heterocycles. The van der Waals surface area contributed by atoms with Crippen LogP contribution in [0.25, 0.3) is 11.3 Å². The van der Waals surface area contributed by atoms with E-state index in [4.69, 9.17) is 21.3 Å². The molecule has 0 fully saturated rings. The van der Waals surface area contributed by atoms with Gasteiger partial charge in [-0.05, 0) is 67.3 Å². The van der Waals surface area contributed by atoms with E-state index in [0.29, 0.717) is 28.2 Å². The number of hydrogen-bond donors (Lipinski definition) is 2. The van der Waals surface area contributed by atoms with Crippen molar-refractivity contribution in [1.29, 1.82) is 0 Å². The van der Waals surface area contributed by atoms with Crippen molar-refractivity contribution < 1.29 is 9.53 Å². The highest BCUT2D eigenvalue weighted by Crippen LogP contribution is 2.34. The zero-order valence-corrected chi connectivity index (χ0v) is 20.5. The lowest BCUT2D eigenvalue weighted by Crippen LogP contribution is -2.17. The fourth-order valence-corrected chi connectivity index (χ4v) is 4.19. The predicted molar refractivity (Wildman–Crippen MR) is 138 cm³/mol. The van der Waals surface area contributed by atoms with Crippen LogP contribution in [-0.2, 0) is 0 Å². The maximum atomic E-state index is 12.1. The fraction of sp³-hybridized carbons (Fsp3) is 0.115. The van der Waals surface area contributed by atoms with Gasteiger partial charge in [0.1, 0.15) is 5.75 Å². The second-order valence-electron chi connectivity index (χ2n) is 7.53. The number of amides is 1. The minimum Gasteiger partial charge on any atom is -0.437 e. The molecule has 0 saturated carbocycles. The molecule has 0 unspecified atom stereocenters. The molecule has 0 spiro atoms. The normalized spacial score (nSPS) is 10.6. The third kappa shape index (κ3) is 5.50. The first-order valence-electron chi connectivity index (χ1n) is 10.6. The first-order chi connectivity index (χ1) is 16.4. The molecule has 4 aromatic rings. The Morgan fingerprint density at radius 3 is 2.38 bits per heavy atom. The molecule has 6 nitrogen and oxygen atoms in total. The molecule has 1 amide bonds. The highest BCUT2D eigenvalue weighted by Gasteiger charge is 2.15. The van der Waals surface area contributed by atoms with E-state index >= 15 is 0 Å². The van der Waals surface area contributed by atoms with Gasteiger partial charge in [0.15, 0.2) is 0 Å². The van der Waals surface area contributed by atoms with Gasteiger partial charge in [-0.15, -0.1) is 0 Å². The summed E-state index contributed by atoms with van der Waals surface area (Å²) < 4.78 is 9.27. The molecule has 8 heteroatoms. The summed E-state index contributed by atoms with van der Waals surface area (Å²) in [6.45, 7) is 4.08. The van der Waals surface area contributed by atoms with Crippen LogP contribution in [0, 0.1) is 13.8 Å². The second-order valence-corrected chi connectivity index (χ2v) is 8.81. The third-order valence-corrected chi connectivity index (χ3v) is 6.18. The summed E-state index contributed by atoms with van der Waals surface area (Å²) in [4.78, 5) is 22.4. The summed E-state index contributed by atoms with van der Waals surface area (Å²) in [5.41, 5.74) is 4.34. The lowest BCUT2D eigenvalue weighted by atomic mass is 10.00. The van der Waals surface area contributed by atoms with E-state index in [0.717, 1.165) is 27.3 Å². The summed E-state index contributed by atoms with van der Waals surface area (Å²) >= 11 is 7.77. The Morgan fingerprint density at radius 1 is 0.941 bits per heavy atom. The number of anilines is 1. The van der Waals surface area contributed by atoms with Crippen LogP contribution in [0.3, 0.4) is 0 Å². The molecule has 0 bridgehead atoms. The number of carbonyl (C=O) groups excluding carboxylic acids is 1. The Morgan fingerprint density at radius 2 is 1.68 bits per heavy atom. The fourth-order valence-electron chi connectivity index (χ4n) is 3.44. The van der Waals surface area contributed by atoms with Crippen molar-refractivity contribution in [2.45, 2.75) is 18.7 Å². The highest BCUT2D eigenvalue weighted by molar-refractivity contribution is 8.00. The van der Waals surface area contributed by atoms with Gasteiger partial charge < -0.3 is 10.1 Å². The third-order valence-electron chi connectivity index (χ3n) is 5.08. The van der Waals surface area contributed by atoms with Crippen LogP contribution in [0.1, 0.15) is 21.5 Å². The molecule has 172 valence electrons. The number of nitrogens with zero attached hydrogens (tertiary/aromatic N) is 2. The number of rotatable bonds is 7. The van der Waals surface area contributed by atoms with E-state index in [1.54, 1.807) is 31.3 Å².